The summed E-state index contributed by atoms with van der Waals surface area (Å²) in [6.07, 6.45) is 0. The molecule has 0 unspecified atom stereocenters. The van der Waals surface area contributed by atoms with Crippen LogP contribution in [0, 0.1) is 0 Å². The molecule has 0 bridgehead atoms. The second-order valence-electron chi connectivity index (χ2n) is 17.6. The van der Waals surface area contributed by atoms with Gasteiger partial charge in [-0.05, 0) is 130 Å². The number of rotatable bonds is 6. The number of ether oxygens (including phenoxy) is 4. The van der Waals surface area contributed by atoms with E-state index in [1.54, 1.807) is 0 Å². The SMILES string of the molecule is c1ccc(N2COc3ccc(C4(c5ccc6c(c5)CN(c5ccccc5)CO6)c5cc6c(cc5-c5cc7c(cc54)OCN(c4ccccc4)C7)CN(c4ccccc4)CO6)cc3C2)cc1. The van der Waals surface area contributed by atoms with Crippen LogP contribution in [0.1, 0.15) is 44.5 Å². The zero-order valence-electron chi connectivity index (χ0n) is 35.9. The second-order valence-corrected chi connectivity index (χ2v) is 17.6. The number of anilines is 4. The smallest absolute Gasteiger partial charge is 0.161 e. The average Bonchev–Trinajstić information content (AvgIpc) is 3.65. The van der Waals surface area contributed by atoms with E-state index in [0.717, 1.165) is 105 Å². The standard InChI is InChI=1S/C57H46N4O4/c1-5-13-45(14-6-1)58-31-39-25-43(21-23-53(39)62-35-58)57(44-22-24-54-40(26-44)32-59(36-63-54)46-15-7-2-8-16-46)51-29-55-41(33-60(37-64-55)47-17-9-3-10-18-47)27-49(51)50-28-42-34-61(48-19-11-4-12-20-48)38-65-56(42)30-52(50)57/h1-30H,31-38H2. The molecule has 4 heterocycles. The maximum Gasteiger partial charge on any atom is 0.161 e. The van der Waals surface area contributed by atoms with Crippen LogP contribution in [0.2, 0.25) is 0 Å². The van der Waals surface area contributed by atoms with Gasteiger partial charge in [0.15, 0.2) is 26.9 Å². The maximum atomic E-state index is 6.79. The van der Waals surface area contributed by atoms with Crippen molar-refractivity contribution < 1.29 is 18.9 Å². The molecule has 0 N–H and O–H groups in total. The number of nitrogens with zero attached hydrogens (tertiary/aromatic N) is 4. The first-order chi connectivity index (χ1) is 32.2. The van der Waals surface area contributed by atoms with Crippen molar-refractivity contribution in [3.05, 3.63) is 226 Å². The summed E-state index contributed by atoms with van der Waals surface area (Å²) in [5, 5.41) is 0. The molecular weight excluding hydrogens is 805 g/mol. The largest absolute Gasteiger partial charge is 0.473 e. The summed E-state index contributed by atoms with van der Waals surface area (Å²) in [5.41, 5.74) is 15.5. The number of benzene rings is 8. The Morgan fingerprint density at radius 1 is 0.308 bits per heavy atom. The Morgan fingerprint density at radius 3 is 0.954 bits per heavy atom. The summed E-state index contributed by atoms with van der Waals surface area (Å²) in [7, 11) is 0. The van der Waals surface area contributed by atoms with Gasteiger partial charge in [0.1, 0.15) is 23.0 Å². The van der Waals surface area contributed by atoms with Gasteiger partial charge in [-0.2, -0.15) is 0 Å². The molecule has 0 spiro atoms. The molecule has 0 saturated carbocycles. The fourth-order valence-corrected chi connectivity index (χ4v) is 10.7. The Balaban J connectivity index is 1.03. The lowest BCUT2D eigenvalue weighted by atomic mass is 9.66. The van der Waals surface area contributed by atoms with Gasteiger partial charge < -0.3 is 38.5 Å². The molecule has 13 rings (SSSR count). The van der Waals surface area contributed by atoms with E-state index >= 15 is 0 Å². The zero-order chi connectivity index (χ0) is 42.9. The predicted molar refractivity (Wildman–Crippen MR) is 256 cm³/mol. The number of fused-ring (bicyclic) bond motifs is 7. The van der Waals surface area contributed by atoms with Crippen molar-refractivity contribution >= 4 is 22.7 Å². The number of para-hydroxylation sites is 4. The quantitative estimate of drug-likeness (QED) is 0.164. The Labute approximate surface area is 379 Å². The Kier molecular flexibility index (Phi) is 8.79. The molecule has 4 aliphatic heterocycles. The molecule has 318 valence electrons. The van der Waals surface area contributed by atoms with Crippen LogP contribution in [0.25, 0.3) is 11.1 Å². The third-order valence-corrected chi connectivity index (χ3v) is 13.9. The van der Waals surface area contributed by atoms with Crippen molar-refractivity contribution in [2.75, 3.05) is 46.5 Å². The first-order valence-electron chi connectivity index (χ1n) is 22.5. The molecule has 5 aliphatic rings. The number of hydrogen-bond donors (Lipinski definition) is 0. The van der Waals surface area contributed by atoms with E-state index in [9.17, 15) is 0 Å². The summed E-state index contributed by atoms with van der Waals surface area (Å²) in [6, 6.07) is 65.4. The predicted octanol–water partition coefficient (Wildman–Crippen LogP) is 11.5. The van der Waals surface area contributed by atoms with Crippen LogP contribution in [-0.2, 0) is 31.6 Å². The highest BCUT2D eigenvalue weighted by Crippen LogP contribution is 2.60. The van der Waals surface area contributed by atoms with Gasteiger partial charge in [0, 0.05) is 71.2 Å². The molecule has 8 heteroatoms. The Morgan fingerprint density at radius 2 is 0.615 bits per heavy atom. The van der Waals surface area contributed by atoms with Crippen molar-refractivity contribution in [1.82, 2.24) is 0 Å². The van der Waals surface area contributed by atoms with Crippen LogP contribution in [-0.4, -0.2) is 26.9 Å². The summed E-state index contributed by atoms with van der Waals surface area (Å²) in [4.78, 5) is 9.21. The molecule has 65 heavy (non-hydrogen) atoms. The van der Waals surface area contributed by atoms with Crippen LogP contribution >= 0.6 is 0 Å². The first kappa shape index (κ1) is 37.7. The molecule has 0 fully saturated rings. The fraction of sp³-hybridized carbons (Fsp3) is 0.158. The zero-order valence-corrected chi connectivity index (χ0v) is 35.9. The van der Waals surface area contributed by atoms with Gasteiger partial charge in [-0.25, -0.2) is 0 Å². The highest BCUT2D eigenvalue weighted by Gasteiger charge is 2.49. The van der Waals surface area contributed by atoms with E-state index in [4.69, 9.17) is 18.9 Å². The van der Waals surface area contributed by atoms with Gasteiger partial charge in [-0.15, -0.1) is 0 Å². The lowest BCUT2D eigenvalue weighted by Crippen LogP contribution is -2.35. The highest BCUT2D eigenvalue weighted by molar-refractivity contribution is 5.89. The first-order valence-corrected chi connectivity index (χ1v) is 22.5. The van der Waals surface area contributed by atoms with Crippen molar-refractivity contribution in [3.8, 4) is 34.1 Å². The average molecular weight is 851 g/mol. The highest BCUT2D eigenvalue weighted by atomic mass is 16.5. The van der Waals surface area contributed by atoms with Crippen LogP contribution in [0.3, 0.4) is 0 Å². The minimum Gasteiger partial charge on any atom is -0.473 e. The van der Waals surface area contributed by atoms with E-state index in [1.807, 2.05) is 0 Å². The topological polar surface area (TPSA) is 49.9 Å². The van der Waals surface area contributed by atoms with Crippen LogP contribution in [0.5, 0.6) is 23.0 Å². The van der Waals surface area contributed by atoms with Gasteiger partial charge in [-0.3, -0.25) is 0 Å². The molecular formula is C57H46N4O4. The van der Waals surface area contributed by atoms with Crippen LogP contribution in [0.15, 0.2) is 182 Å². The third-order valence-electron chi connectivity index (χ3n) is 13.9. The van der Waals surface area contributed by atoms with E-state index < -0.39 is 5.41 Å². The third kappa shape index (κ3) is 6.26. The van der Waals surface area contributed by atoms with E-state index in [-0.39, 0.29) is 0 Å². The monoisotopic (exact) mass is 850 g/mol. The Hall–Kier alpha value is -7.84. The summed E-state index contributed by atoms with van der Waals surface area (Å²) in [6.45, 7) is 4.82. The summed E-state index contributed by atoms with van der Waals surface area (Å²) in [5.74, 6) is 3.66. The van der Waals surface area contributed by atoms with Crippen LogP contribution in [0.4, 0.5) is 22.7 Å². The van der Waals surface area contributed by atoms with Crippen molar-refractivity contribution in [2.24, 2.45) is 0 Å². The molecule has 8 aromatic carbocycles. The van der Waals surface area contributed by atoms with E-state index in [1.165, 1.54) is 22.3 Å². The van der Waals surface area contributed by atoms with Gasteiger partial charge in [0.05, 0.1) is 5.41 Å². The lowest BCUT2D eigenvalue weighted by Gasteiger charge is -2.38. The van der Waals surface area contributed by atoms with E-state index in [0.29, 0.717) is 26.9 Å². The minimum absolute atomic E-state index is 0.463. The Bertz CT molecular complexity index is 2880. The second kappa shape index (κ2) is 15.2. The normalized spacial score (nSPS) is 16.3. The van der Waals surface area contributed by atoms with Crippen molar-refractivity contribution in [1.29, 1.82) is 0 Å². The van der Waals surface area contributed by atoms with Gasteiger partial charge in [-0.1, -0.05) is 84.9 Å². The van der Waals surface area contributed by atoms with E-state index in [2.05, 4.69) is 202 Å². The molecule has 1 aliphatic carbocycles. The molecule has 0 amide bonds. The van der Waals surface area contributed by atoms with Gasteiger partial charge in [0.25, 0.3) is 0 Å². The minimum atomic E-state index is -0.761. The van der Waals surface area contributed by atoms with Crippen LogP contribution < -0.4 is 38.5 Å². The lowest BCUT2D eigenvalue weighted by molar-refractivity contribution is 0.288. The van der Waals surface area contributed by atoms with Gasteiger partial charge in [0.2, 0.25) is 0 Å². The molecule has 8 aromatic rings. The summed E-state index contributed by atoms with van der Waals surface area (Å²) >= 11 is 0. The fourth-order valence-electron chi connectivity index (χ4n) is 10.7. The molecule has 0 saturated heterocycles. The van der Waals surface area contributed by atoms with Gasteiger partial charge >= 0.3 is 0 Å². The molecule has 8 nitrogen and oxygen atoms in total. The maximum absolute atomic E-state index is 6.79. The molecule has 0 aromatic heterocycles. The molecule has 0 radical (unpaired) electrons. The molecule has 0 atom stereocenters. The number of hydrogen-bond acceptors (Lipinski definition) is 8. The van der Waals surface area contributed by atoms with Crippen molar-refractivity contribution in [3.63, 3.8) is 0 Å². The summed E-state index contributed by atoms with van der Waals surface area (Å²) < 4.78 is 26.6. The van der Waals surface area contributed by atoms with Crippen molar-refractivity contribution in [2.45, 2.75) is 31.6 Å².